The molecule has 0 aliphatic carbocycles. The predicted molar refractivity (Wildman–Crippen MR) is 120 cm³/mol. The zero-order valence-electron chi connectivity index (χ0n) is 18.4. The number of rotatable bonds is 4. The molecule has 2 atom stereocenters. The van der Waals surface area contributed by atoms with Gasteiger partial charge in [-0.2, -0.15) is 0 Å². The molecule has 33 heavy (non-hydrogen) atoms. The number of methoxy groups -OCH3 is 1. The van der Waals surface area contributed by atoms with E-state index in [1.165, 1.54) is 13.2 Å². The monoisotopic (exact) mass is 452 g/mol. The van der Waals surface area contributed by atoms with Crippen LogP contribution in [0.1, 0.15) is 30.2 Å². The van der Waals surface area contributed by atoms with Gasteiger partial charge >= 0.3 is 0 Å². The van der Waals surface area contributed by atoms with Gasteiger partial charge in [-0.25, -0.2) is 4.39 Å². The van der Waals surface area contributed by atoms with Crippen LogP contribution in [0.5, 0.6) is 23.0 Å². The Hall–Kier alpha value is -3.40. The number of nitrogens with zero attached hydrogens (tertiary/aromatic N) is 1. The fourth-order valence-electron chi connectivity index (χ4n) is 4.59. The molecule has 3 aromatic rings. The normalized spacial score (nSPS) is 23.4. The van der Waals surface area contributed by atoms with E-state index in [1.807, 2.05) is 6.92 Å². The van der Waals surface area contributed by atoms with Gasteiger partial charge in [0.2, 0.25) is 5.85 Å². The van der Waals surface area contributed by atoms with Crippen molar-refractivity contribution in [1.29, 1.82) is 0 Å². The van der Waals surface area contributed by atoms with Crippen LogP contribution in [0.4, 0.5) is 10.1 Å². The minimum atomic E-state index is -1.54. The summed E-state index contributed by atoms with van der Waals surface area (Å²) in [4.78, 5) is 4.46. The van der Waals surface area contributed by atoms with Gasteiger partial charge in [0, 0.05) is 29.1 Å². The molecule has 8 nitrogen and oxygen atoms in total. The largest absolute Gasteiger partial charge is 0.497 e. The summed E-state index contributed by atoms with van der Waals surface area (Å²) < 4.78 is 38.3. The number of nitrogens with one attached hydrogen (secondary N) is 1. The number of nitrogen functional groups attached to an aromatic ring is 1. The minimum absolute atomic E-state index is 0.0934. The number of pyridine rings is 1. The highest BCUT2D eigenvalue weighted by atomic mass is 19.1. The van der Waals surface area contributed by atoms with E-state index in [1.54, 1.807) is 42.6 Å². The summed E-state index contributed by atoms with van der Waals surface area (Å²) >= 11 is 0. The van der Waals surface area contributed by atoms with E-state index >= 15 is 4.39 Å². The molecule has 1 spiro atoms. The summed E-state index contributed by atoms with van der Waals surface area (Å²) in [6.07, 6.45) is 2.05. The van der Waals surface area contributed by atoms with E-state index < -0.39 is 17.2 Å². The second-order valence-electron chi connectivity index (χ2n) is 7.99. The number of hydrogen-bond acceptors (Lipinski definition) is 8. The lowest BCUT2D eigenvalue weighted by Crippen LogP contribution is -2.65. The molecule has 2 aromatic carbocycles. The lowest BCUT2D eigenvalue weighted by atomic mass is 9.76. The number of nitrogens with two attached hydrogens (primary N) is 2. The molecule has 5 rings (SSSR count). The standard InChI is InChI=1S/C24H25FN4O4/c1-3-31-20-5-4-9-28-22(20)24(27)29-23(8-10-32-24)16-11-14(26)6-7-19(16)33-21-17(23)12-15(30-2)13-18(21)25/h4-7,9,11-13,29H,3,8,10,26-27H2,1-2H3. The van der Waals surface area contributed by atoms with Crippen molar-refractivity contribution in [3.8, 4) is 23.0 Å². The first-order valence-corrected chi connectivity index (χ1v) is 10.7. The Bertz CT molecular complexity index is 1220. The molecule has 5 N–H and O–H groups in total. The van der Waals surface area contributed by atoms with Crippen LogP contribution in [0, 0.1) is 5.82 Å². The van der Waals surface area contributed by atoms with Crippen molar-refractivity contribution in [3.63, 3.8) is 0 Å². The molecule has 1 aromatic heterocycles. The van der Waals surface area contributed by atoms with Crippen molar-refractivity contribution in [2.24, 2.45) is 5.73 Å². The van der Waals surface area contributed by atoms with Crippen LogP contribution in [0.25, 0.3) is 0 Å². The molecule has 2 unspecified atom stereocenters. The summed E-state index contributed by atoms with van der Waals surface area (Å²) in [6.45, 7) is 2.55. The Kier molecular flexibility index (Phi) is 5.12. The van der Waals surface area contributed by atoms with Crippen LogP contribution in [0.15, 0.2) is 48.7 Å². The van der Waals surface area contributed by atoms with Gasteiger partial charge < -0.3 is 24.7 Å². The van der Waals surface area contributed by atoms with Crippen molar-refractivity contribution in [2.75, 3.05) is 26.1 Å². The third-order valence-electron chi connectivity index (χ3n) is 6.02. The highest BCUT2D eigenvalue weighted by molar-refractivity contribution is 5.63. The molecule has 0 bridgehead atoms. The number of benzene rings is 2. The Balaban J connectivity index is 1.74. The summed E-state index contributed by atoms with van der Waals surface area (Å²) in [5, 5.41) is 3.43. The van der Waals surface area contributed by atoms with Gasteiger partial charge in [-0.05, 0) is 49.7 Å². The van der Waals surface area contributed by atoms with Gasteiger partial charge in [0.05, 0.1) is 25.9 Å². The maximum atomic E-state index is 15.2. The topological polar surface area (TPSA) is 114 Å². The van der Waals surface area contributed by atoms with E-state index in [4.69, 9.17) is 30.4 Å². The van der Waals surface area contributed by atoms with Crippen molar-refractivity contribution in [3.05, 3.63) is 71.3 Å². The van der Waals surface area contributed by atoms with Gasteiger partial charge in [-0.15, -0.1) is 0 Å². The Morgan fingerprint density at radius 2 is 2.06 bits per heavy atom. The van der Waals surface area contributed by atoms with E-state index in [0.717, 1.165) is 5.56 Å². The van der Waals surface area contributed by atoms with Crippen LogP contribution in [0.3, 0.4) is 0 Å². The van der Waals surface area contributed by atoms with Crippen LogP contribution >= 0.6 is 0 Å². The van der Waals surface area contributed by atoms with E-state index in [0.29, 0.717) is 47.2 Å². The molecule has 1 saturated heterocycles. The quantitative estimate of drug-likeness (QED) is 0.517. The van der Waals surface area contributed by atoms with Crippen molar-refractivity contribution >= 4 is 5.69 Å². The predicted octanol–water partition coefficient (Wildman–Crippen LogP) is 3.34. The molecule has 1 fully saturated rings. The minimum Gasteiger partial charge on any atom is -0.497 e. The Labute approximate surface area is 190 Å². The van der Waals surface area contributed by atoms with Crippen LogP contribution in [0.2, 0.25) is 0 Å². The molecular formula is C24H25FN4O4. The summed E-state index contributed by atoms with van der Waals surface area (Å²) in [5.41, 5.74) is 14.1. The number of ether oxygens (including phenoxy) is 4. The second kappa shape index (κ2) is 7.87. The molecule has 0 amide bonds. The molecule has 172 valence electrons. The fraction of sp³-hybridized carbons (Fsp3) is 0.292. The maximum Gasteiger partial charge on any atom is 0.221 e. The maximum absolute atomic E-state index is 15.2. The lowest BCUT2D eigenvalue weighted by Gasteiger charge is -2.49. The number of aromatic nitrogens is 1. The first-order valence-electron chi connectivity index (χ1n) is 10.7. The second-order valence-corrected chi connectivity index (χ2v) is 7.99. The molecule has 3 heterocycles. The average Bonchev–Trinajstić information content (AvgIpc) is 2.81. The van der Waals surface area contributed by atoms with Gasteiger partial charge in [0.15, 0.2) is 11.6 Å². The van der Waals surface area contributed by atoms with Gasteiger partial charge in [-0.1, -0.05) is 0 Å². The lowest BCUT2D eigenvalue weighted by molar-refractivity contribution is -0.135. The molecule has 2 aliphatic heterocycles. The number of anilines is 1. The molecule has 0 radical (unpaired) electrons. The summed E-state index contributed by atoms with van der Waals surface area (Å²) in [6, 6.07) is 11.8. The van der Waals surface area contributed by atoms with Gasteiger partial charge in [0.25, 0.3) is 0 Å². The third-order valence-corrected chi connectivity index (χ3v) is 6.02. The third kappa shape index (κ3) is 3.36. The van der Waals surface area contributed by atoms with E-state index in [9.17, 15) is 0 Å². The molecule has 0 saturated carbocycles. The fourth-order valence-corrected chi connectivity index (χ4v) is 4.59. The zero-order chi connectivity index (χ0) is 23.2. The number of hydrogen-bond donors (Lipinski definition) is 3. The Morgan fingerprint density at radius 1 is 1.21 bits per heavy atom. The first-order chi connectivity index (χ1) is 15.9. The van der Waals surface area contributed by atoms with Crippen LogP contribution in [-0.4, -0.2) is 25.3 Å². The van der Waals surface area contributed by atoms with Crippen molar-refractivity contribution in [2.45, 2.75) is 24.7 Å². The number of halogens is 1. The van der Waals surface area contributed by atoms with Crippen LogP contribution < -0.4 is 31.0 Å². The molecule has 9 heteroatoms. The first kappa shape index (κ1) is 21.4. The smallest absolute Gasteiger partial charge is 0.221 e. The summed E-state index contributed by atoms with van der Waals surface area (Å²) in [7, 11) is 1.48. The highest BCUT2D eigenvalue weighted by Gasteiger charge is 2.52. The van der Waals surface area contributed by atoms with E-state index in [-0.39, 0.29) is 12.4 Å². The molecule has 2 aliphatic rings. The number of fused-ring (bicyclic) bond motifs is 4. The van der Waals surface area contributed by atoms with Gasteiger partial charge in [-0.3, -0.25) is 16.0 Å². The van der Waals surface area contributed by atoms with E-state index in [2.05, 4.69) is 10.3 Å². The van der Waals surface area contributed by atoms with Crippen molar-refractivity contribution in [1.82, 2.24) is 10.3 Å². The van der Waals surface area contributed by atoms with Gasteiger partial charge in [0.1, 0.15) is 22.9 Å². The Morgan fingerprint density at radius 3 is 2.85 bits per heavy atom. The van der Waals surface area contributed by atoms with Crippen LogP contribution in [-0.2, 0) is 16.1 Å². The SMILES string of the molecule is CCOc1cccnc1C1(N)NC2(CCO1)c1cc(N)ccc1Oc1c(F)cc(OC)cc12. The highest BCUT2D eigenvalue weighted by Crippen LogP contribution is 2.53. The average molecular weight is 452 g/mol. The van der Waals surface area contributed by atoms with Crippen molar-refractivity contribution < 1.29 is 23.3 Å². The zero-order valence-corrected chi connectivity index (χ0v) is 18.4. The molecular weight excluding hydrogens is 427 g/mol. The summed E-state index contributed by atoms with van der Waals surface area (Å²) in [5.74, 6) is -0.677.